The maximum atomic E-state index is 13.7. The van der Waals surface area contributed by atoms with Gasteiger partial charge in [0, 0.05) is 5.39 Å². The fraction of sp³-hybridized carbons (Fsp3) is 0.100. The van der Waals surface area contributed by atoms with E-state index in [0.717, 1.165) is 22.1 Å². The molecule has 4 nitrogen and oxygen atoms in total. The van der Waals surface area contributed by atoms with E-state index in [2.05, 4.69) is 15.6 Å². The first-order valence-electron chi connectivity index (χ1n) is 8.21. The Morgan fingerprint density at radius 1 is 1.12 bits per heavy atom. The molecule has 1 amide bonds. The lowest BCUT2D eigenvalue weighted by Gasteiger charge is -2.20. The Labute approximate surface area is 154 Å². The Kier molecular flexibility index (Phi) is 4.34. The van der Waals surface area contributed by atoms with Crippen LogP contribution in [-0.4, -0.2) is 16.3 Å². The first kappa shape index (κ1) is 16.6. The number of para-hydroxylation sites is 1. The van der Waals surface area contributed by atoms with E-state index in [1.807, 2.05) is 36.4 Å². The van der Waals surface area contributed by atoms with Crippen molar-refractivity contribution in [2.24, 2.45) is 4.99 Å². The molecule has 0 saturated heterocycles. The van der Waals surface area contributed by atoms with Crippen LogP contribution in [0.25, 0.3) is 10.8 Å². The smallest absolute Gasteiger partial charge is 0.237 e. The lowest BCUT2D eigenvalue weighted by atomic mass is 10.1. The van der Waals surface area contributed by atoms with Crippen LogP contribution in [0.3, 0.4) is 0 Å². The number of amides is 1. The maximum Gasteiger partial charge on any atom is 0.237 e. The SMILES string of the molecule is C[C@H](SC1=Nc2cccc3cccc(c23)N1)C(=O)Nc1ccccc1F. The third-order valence-corrected chi connectivity index (χ3v) is 5.12. The molecule has 0 saturated carbocycles. The van der Waals surface area contributed by atoms with Gasteiger partial charge in [-0.05, 0) is 36.6 Å². The number of nitrogens with one attached hydrogen (secondary N) is 2. The molecule has 0 unspecified atom stereocenters. The van der Waals surface area contributed by atoms with E-state index in [1.54, 1.807) is 19.1 Å². The molecule has 26 heavy (non-hydrogen) atoms. The minimum absolute atomic E-state index is 0.179. The van der Waals surface area contributed by atoms with Crippen molar-refractivity contribution in [3.8, 4) is 0 Å². The Hall–Kier alpha value is -2.86. The molecule has 2 N–H and O–H groups in total. The van der Waals surface area contributed by atoms with Crippen LogP contribution >= 0.6 is 11.8 Å². The summed E-state index contributed by atoms with van der Waals surface area (Å²) in [5, 5.41) is 8.30. The van der Waals surface area contributed by atoms with Crippen molar-refractivity contribution < 1.29 is 9.18 Å². The molecule has 0 spiro atoms. The molecule has 3 aromatic rings. The predicted octanol–water partition coefficient (Wildman–Crippen LogP) is 5.15. The Morgan fingerprint density at radius 3 is 2.69 bits per heavy atom. The zero-order valence-electron chi connectivity index (χ0n) is 14.0. The van der Waals surface area contributed by atoms with E-state index in [1.165, 1.54) is 23.9 Å². The maximum absolute atomic E-state index is 13.7. The minimum atomic E-state index is -0.452. The molecule has 130 valence electrons. The van der Waals surface area contributed by atoms with E-state index in [-0.39, 0.29) is 11.6 Å². The lowest BCUT2D eigenvalue weighted by molar-refractivity contribution is -0.115. The van der Waals surface area contributed by atoms with Crippen molar-refractivity contribution in [2.75, 3.05) is 10.6 Å². The number of benzene rings is 3. The summed E-state index contributed by atoms with van der Waals surface area (Å²) in [6, 6.07) is 18.1. The molecule has 0 radical (unpaired) electrons. The second-order valence-electron chi connectivity index (χ2n) is 5.95. The molecule has 1 aliphatic heterocycles. The number of halogens is 1. The van der Waals surface area contributed by atoms with Gasteiger partial charge in [0.1, 0.15) is 5.82 Å². The summed E-state index contributed by atoms with van der Waals surface area (Å²) >= 11 is 1.31. The molecule has 0 aliphatic carbocycles. The van der Waals surface area contributed by atoms with Gasteiger partial charge in [0.15, 0.2) is 5.17 Å². The third-order valence-electron chi connectivity index (χ3n) is 4.14. The molecular formula is C20H16FN3OS. The average molecular weight is 365 g/mol. The number of anilines is 2. The van der Waals surface area contributed by atoms with Gasteiger partial charge in [-0.15, -0.1) is 0 Å². The number of carbonyl (C=O) groups is 1. The number of carbonyl (C=O) groups excluding carboxylic acids is 1. The average Bonchev–Trinajstić information content (AvgIpc) is 2.64. The zero-order valence-corrected chi connectivity index (χ0v) is 14.8. The normalized spacial score (nSPS) is 13.7. The fourth-order valence-corrected chi connectivity index (χ4v) is 3.67. The Bertz CT molecular complexity index is 1030. The predicted molar refractivity (Wildman–Crippen MR) is 107 cm³/mol. The first-order chi connectivity index (χ1) is 12.6. The van der Waals surface area contributed by atoms with E-state index in [9.17, 15) is 9.18 Å². The number of amidine groups is 1. The summed E-state index contributed by atoms with van der Waals surface area (Å²) in [7, 11) is 0. The highest BCUT2D eigenvalue weighted by molar-refractivity contribution is 8.15. The topological polar surface area (TPSA) is 53.5 Å². The van der Waals surface area contributed by atoms with Crippen molar-refractivity contribution in [3.05, 3.63) is 66.5 Å². The van der Waals surface area contributed by atoms with E-state index >= 15 is 0 Å². The molecular weight excluding hydrogens is 349 g/mol. The summed E-state index contributed by atoms with van der Waals surface area (Å²) in [5.41, 5.74) is 2.02. The number of hydrogen-bond donors (Lipinski definition) is 2. The first-order valence-corrected chi connectivity index (χ1v) is 9.09. The van der Waals surface area contributed by atoms with E-state index in [4.69, 9.17) is 0 Å². The highest BCUT2D eigenvalue weighted by Crippen LogP contribution is 2.37. The summed E-state index contributed by atoms with van der Waals surface area (Å²) in [4.78, 5) is 17.0. The van der Waals surface area contributed by atoms with Gasteiger partial charge in [0.25, 0.3) is 0 Å². The molecule has 3 aromatic carbocycles. The molecule has 0 bridgehead atoms. The van der Waals surface area contributed by atoms with Gasteiger partial charge in [0.2, 0.25) is 5.91 Å². The number of nitrogens with zero attached hydrogens (tertiary/aromatic N) is 1. The molecule has 6 heteroatoms. The van der Waals surface area contributed by atoms with Crippen LogP contribution in [-0.2, 0) is 4.79 Å². The fourth-order valence-electron chi connectivity index (χ4n) is 2.84. The quantitative estimate of drug-likeness (QED) is 0.675. The van der Waals surface area contributed by atoms with Crippen molar-refractivity contribution in [2.45, 2.75) is 12.2 Å². The summed E-state index contributed by atoms with van der Waals surface area (Å²) in [6.45, 7) is 1.77. The van der Waals surface area contributed by atoms with Crippen molar-refractivity contribution >= 4 is 50.7 Å². The van der Waals surface area contributed by atoms with Crippen molar-refractivity contribution in [1.82, 2.24) is 0 Å². The molecule has 0 fully saturated rings. The van der Waals surface area contributed by atoms with Crippen LogP contribution in [0.1, 0.15) is 6.92 Å². The van der Waals surface area contributed by atoms with Gasteiger partial charge in [-0.2, -0.15) is 0 Å². The van der Waals surface area contributed by atoms with Gasteiger partial charge >= 0.3 is 0 Å². The molecule has 0 aromatic heterocycles. The number of hydrogen-bond acceptors (Lipinski definition) is 4. The summed E-state index contributed by atoms with van der Waals surface area (Å²) in [5.74, 6) is -0.728. The van der Waals surface area contributed by atoms with Crippen molar-refractivity contribution in [1.29, 1.82) is 0 Å². The van der Waals surface area contributed by atoms with Gasteiger partial charge in [-0.1, -0.05) is 48.2 Å². The molecule has 1 heterocycles. The molecule has 1 atom stereocenters. The molecule has 1 aliphatic rings. The van der Waals surface area contributed by atoms with Crippen LogP contribution in [0.4, 0.5) is 21.5 Å². The van der Waals surface area contributed by atoms with Crippen molar-refractivity contribution in [3.63, 3.8) is 0 Å². The Morgan fingerprint density at radius 2 is 1.88 bits per heavy atom. The van der Waals surface area contributed by atoms with E-state index < -0.39 is 11.1 Å². The Balaban J connectivity index is 1.52. The zero-order chi connectivity index (χ0) is 18.1. The molecule has 4 rings (SSSR count). The van der Waals surface area contributed by atoms with Gasteiger partial charge in [0.05, 0.1) is 22.3 Å². The summed E-state index contributed by atoms with van der Waals surface area (Å²) < 4.78 is 13.7. The highest BCUT2D eigenvalue weighted by Gasteiger charge is 2.21. The highest BCUT2D eigenvalue weighted by atomic mass is 32.2. The summed E-state index contributed by atoms with van der Waals surface area (Å²) in [6.07, 6.45) is 0. The number of aliphatic imine (C=N–C) groups is 1. The lowest BCUT2D eigenvalue weighted by Crippen LogP contribution is -2.26. The number of rotatable bonds is 3. The minimum Gasteiger partial charge on any atom is -0.334 e. The standard InChI is InChI=1S/C20H16FN3OS/c1-12(19(25)22-15-9-3-2-8-14(15)21)26-20-23-16-10-4-6-13-7-5-11-17(24-20)18(13)16/h2-12H,1H3,(H,22,25)(H,23,24)/t12-/m0/s1. The van der Waals surface area contributed by atoms with Gasteiger partial charge in [-0.25, -0.2) is 9.38 Å². The van der Waals surface area contributed by atoms with Crippen LogP contribution in [0, 0.1) is 5.82 Å². The van der Waals surface area contributed by atoms with E-state index in [0.29, 0.717) is 5.17 Å². The van der Waals surface area contributed by atoms with Crippen LogP contribution in [0.2, 0.25) is 0 Å². The number of thioether (sulfide) groups is 1. The van der Waals surface area contributed by atoms with Crippen LogP contribution in [0.15, 0.2) is 65.7 Å². The monoisotopic (exact) mass is 365 g/mol. The van der Waals surface area contributed by atoms with Gasteiger partial charge in [-0.3, -0.25) is 4.79 Å². The second kappa shape index (κ2) is 6.80. The van der Waals surface area contributed by atoms with Crippen LogP contribution < -0.4 is 10.6 Å². The third kappa shape index (κ3) is 3.15. The second-order valence-corrected chi connectivity index (χ2v) is 7.28. The van der Waals surface area contributed by atoms with Gasteiger partial charge < -0.3 is 10.6 Å². The largest absolute Gasteiger partial charge is 0.334 e. The van der Waals surface area contributed by atoms with Crippen LogP contribution in [0.5, 0.6) is 0 Å².